The average Bonchev–Trinajstić information content (AvgIpc) is 0.768. The summed E-state index contributed by atoms with van der Waals surface area (Å²) in [5, 5.41) is 10.3. The first-order valence-electron chi connectivity index (χ1n) is 41.5. The van der Waals surface area contributed by atoms with Crippen LogP contribution in [0.3, 0.4) is 0 Å². The highest BCUT2D eigenvalue weighted by Gasteiger charge is 2.31. The molecule has 0 saturated heterocycles. The van der Waals surface area contributed by atoms with Crippen LogP contribution in [-0.2, 0) is 24.4 Å². The molecule has 12 heteroatoms. The second kappa shape index (κ2) is 50.2. The van der Waals surface area contributed by atoms with E-state index in [-0.39, 0.29) is 0 Å². The molecule has 0 saturated carbocycles. The van der Waals surface area contributed by atoms with Crippen LogP contribution in [0.2, 0.25) is 0 Å². The van der Waals surface area contributed by atoms with Gasteiger partial charge < -0.3 is 32.5 Å². The quantitative estimate of drug-likeness (QED) is 0.0624. The van der Waals surface area contributed by atoms with Crippen LogP contribution in [0.5, 0.6) is 23.0 Å². The third-order valence-electron chi connectivity index (χ3n) is 21.1. The van der Waals surface area contributed by atoms with E-state index >= 15 is 0 Å². The summed E-state index contributed by atoms with van der Waals surface area (Å²) in [5.74, 6) is 4.24. The van der Waals surface area contributed by atoms with E-state index in [0.717, 1.165) is 93.9 Å². The molecule has 1 unspecified atom stereocenters. The number of aryl methyl sites for hydroxylation is 2. The first kappa shape index (κ1) is 95.4. The summed E-state index contributed by atoms with van der Waals surface area (Å²) in [7, 11) is -6.66. The highest BCUT2D eigenvalue weighted by atomic mass is 31.2. The van der Waals surface area contributed by atoms with Crippen molar-refractivity contribution >= 4 is 94.8 Å². The van der Waals surface area contributed by atoms with Crippen molar-refractivity contribution in [1.29, 1.82) is 0 Å². The molecule has 622 valence electrons. The van der Waals surface area contributed by atoms with Gasteiger partial charge >= 0.3 is 0 Å². The van der Waals surface area contributed by atoms with Gasteiger partial charge in [0, 0.05) is 67.1 Å². The molecule has 0 heterocycles. The first-order chi connectivity index (χ1) is 58.8. The van der Waals surface area contributed by atoms with Gasteiger partial charge in [0.1, 0.15) is 51.6 Å². The van der Waals surface area contributed by atoms with E-state index in [1.807, 2.05) is 354 Å². The summed E-state index contributed by atoms with van der Waals surface area (Å²) in [4.78, 5) is 0. The molecule has 15 aromatic rings. The van der Waals surface area contributed by atoms with E-state index < -0.39 is 35.5 Å². The summed E-state index contributed by atoms with van der Waals surface area (Å²) in [6.45, 7) is 17.5. The van der Waals surface area contributed by atoms with E-state index in [2.05, 4.69) is 145 Å². The monoisotopic (exact) mass is 1690 g/mol. The van der Waals surface area contributed by atoms with Crippen molar-refractivity contribution in [3.8, 4) is 23.0 Å². The molecule has 1 atom stereocenters. The van der Waals surface area contributed by atoms with Crippen LogP contribution >= 0.6 is 35.5 Å². The van der Waals surface area contributed by atoms with Crippen LogP contribution in [0.15, 0.2) is 431 Å². The highest BCUT2D eigenvalue weighted by molar-refractivity contribution is 7.87. The molecular formula is C109H119O7P5. The maximum absolute atomic E-state index is 14.3. The van der Waals surface area contributed by atoms with Crippen molar-refractivity contribution in [3.05, 3.63) is 459 Å². The minimum absolute atomic E-state index is 0.495. The van der Waals surface area contributed by atoms with Gasteiger partial charge in [0.2, 0.25) is 0 Å². The van der Waals surface area contributed by atoms with E-state index in [1.54, 1.807) is 14.2 Å². The molecular weight excluding hydrogens is 1580 g/mol. The van der Waals surface area contributed by atoms with E-state index in [1.165, 1.54) is 22.6 Å². The Morgan fingerprint density at radius 2 is 0.496 bits per heavy atom. The Bertz CT molecular complexity index is 4990. The lowest BCUT2D eigenvalue weighted by Gasteiger charge is -2.23. The van der Waals surface area contributed by atoms with Crippen LogP contribution in [0.25, 0.3) is 0 Å². The Labute approximate surface area is 723 Å². The molecule has 0 aliphatic rings. The van der Waals surface area contributed by atoms with Crippen LogP contribution < -0.4 is 67.3 Å². The molecule has 0 radical (unpaired) electrons. The fourth-order valence-corrected chi connectivity index (χ4v) is 26.3. The maximum atomic E-state index is 14.3. The van der Waals surface area contributed by atoms with Crippen molar-refractivity contribution in [1.82, 2.24) is 0 Å². The second-order valence-corrected chi connectivity index (χ2v) is 44.7. The molecule has 0 spiro atoms. The first-order valence-corrected chi connectivity index (χ1v) is 51.2. The standard InChI is InChI=1S/C23H25O2P.C15H17P.3C14H15OP.C12H10O.C10H14.C7H8O/c1-17-15-18(2)23(25-4)19(3)22(17)16-26(24,20-11-7-5-8-12-20)21-13-9-6-10-14-21;1-3-16(2,14-10-6-4-7-11-14)15-12-8-5-9-13-15;3*1-2-16(15,13-9-5-3-6-10-13)14-11-7-4-8-12-14;1-3-7-11(8-4-1)13-12-9-5-2-6-10-12;1-3-9(2)10-7-5-4-6-8-10;1-8-7-5-3-2-4-6-7/h5-15H,16H2,1-4H3;4-13H,2-3H2,1H3;3*3-12H,2H2,1H3;1-10H;4-9H,3H2,1-2H3;2-6H,1H3. The lowest BCUT2D eigenvalue weighted by Crippen LogP contribution is -2.18. The minimum Gasteiger partial charge on any atom is -0.497 e. The molecule has 121 heavy (non-hydrogen) atoms. The molecule has 0 aliphatic carbocycles. The van der Waals surface area contributed by atoms with Crippen molar-refractivity contribution in [2.75, 3.05) is 38.9 Å². The zero-order valence-electron chi connectivity index (χ0n) is 72.1. The molecule has 0 bridgehead atoms. The van der Waals surface area contributed by atoms with E-state index in [9.17, 15) is 18.3 Å². The molecule has 7 nitrogen and oxygen atoms in total. The van der Waals surface area contributed by atoms with Crippen molar-refractivity contribution in [3.63, 3.8) is 0 Å². The molecule has 0 fully saturated rings. The largest absolute Gasteiger partial charge is 0.497 e. The molecule has 0 aromatic heterocycles. The van der Waals surface area contributed by atoms with E-state index in [4.69, 9.17) is 14.2 Å². The predicted octanol–water partition coefficient (Wildman–Crippen LogP) is 25.7. The maximum Gasteiger partial charge on any atom is 0.147 e. The fourth-order valence-electron chi connectivity index (χ4n) is 13.8. The van der Waals surface area contributed by atoms with Gasteiger partial charge in [0.15, 0.2) is 0 Å². The number of ether oxygens (including phenoxy) is 3. The third-order valence-corrected chi connectivity index (χ3v) is 37.2. The van der Waals surface area contributed by atoms with Gasteiger partial charge in [-0.15, -0.1) is 0 Å². The zero-order chi connectivity index (χ0) is 86.6. The van der Waals surface area contributed by atoms with Crippen molar-refractivity contribution in [2.24, 2.45) is 0 Å². The van der Waals surface area contributed by atoms with Crippen LogP contribution in [-0.4, -0.2) is 45.2 Å². The SMILES string of the molecule is C=P(CC)(c1ccccc1)c1ccccc1.CCC(C)c1ccccc1.CCP(=O)(c1ccccc1)c1ccccc1.CCP(=O)(c1ccccc1)c1ccccc1.CCP(=O)(c1ccccc1)c1ccccc1.COc1c(C)cc(C)c(CP(=O)(c2ccccc2)c2ccccc2)c1C.COc1ccccc1.c1ccc(Oc2ccccc2)cc1. The van der Waals surface area contributed by atoms with Gasteiger partial charge in [-0.1, -0.05) is 449 Å². The lowest BCUT2D eigenvalue weighted by molar-refractivity contribution is 0.408. The van der Waals surface area contributed by atoms with E-state index in [0.29, 0.717) is 30.6 Å². The number of hydrogen-bond donors (Lipinski definition) is 0. The van der Waals surface area contributed by atoms with Crippen LogP contribution in [0.1, 0.15) is 81.7 Å². The summed E-state index contributed by atoms with van der Waals surface area (Å²) in [6.07, 6.45) is 9.38. The van der Waals surface area contributed by atoms with Crippen LogP contribution in [0, 0.1) is 20.8 Å². The zero-order valence-corrected chi connectivity index (χ0v) is 76.6. The lowest BCUT2D eigenvalue weighted by atomic mass is 9.99. The molecule has 0 amide bonds. The number of para-hydroxylation sites is 3. The Hall–Kier alpha value is -11.1. The summed E-state index contributed by atoms with van der Waals surface area (Å²) in [5.41, 5.74) is 5.92. The normalized spacial score (nSPS) is 11.1. The molecule has 0 aliphatic heterocycles. The van der Waals surface area contributed by atoms with Gasteiger partial charge in [0.05, 0.1) is 14.2 Å². The fraction of sp³-hybridized carbons (Fsp3) is 0.165. The molecule has 15 aromatic carbocycles. The van der Waals surface area contributed by atoms with Gasteiger partial charge in [-0.2, -0.15) is 0 Å². The minimum atomic E-state index is -2.80. The number of rotatable bonds is 22. The third kappa shape index (κ3) is 27.7. The summed E-state index contributed by atoms with van der Waals surface area (Å²) >= 11 is 0. The van der Waals surface area contributed by atoms with Gasteiger partial charge in [-0.25, -0.2) is 0 Å². The second-order valence-electron chi connectivity index (χ2n) is 28.8. The van der Waals surface area contributed by atoms with Crippen molar-refractivity contribution < 1.29 is 32.5 Å². The van der Waals surface area contributed by atoms with Gasteiger partial charge in [-0.3, -0.25) is 0 Å². The van der Waals surface area contributed by atoms with Gasteiger partial charge in [0.25, 0.3) is 0 Å². The summed E-state index contributed by atoms with van der Waals surface area (Å²) in [6, 6.07) is 142. The number of hydrogen-bond acceptors (Lipinski definition) is 7. The van der Waals surface area contributed by atoms with Crippen LogP contribution in [0.4, 0.5) is 0 Å². The number of benzene rings is 15. The molecule has 15 rings (SSSR count). The Balaban J connectivity index is 0.000000175. The topological polar surface area (TPSA) is 96.0 Å². The van der Waals surface area contributed by atoms with Crippen molar-refractivity contribution in [2.45, 2.75) is 80.8 Å². The Morgan fingerprint density at radius 1 is 0.273 bits per heavy atom. The summed E-state index contributed by atoms with van der Waals surface area (Å²) < 4.78 is 69.4. The molecule has 0 N–H and O–H groups in total. The Morgan fingerprint density at radius 3 is 0.711 bits per heavy atom. The van der Waals surface area contributed by atoms with Gasteiger partial charge in [-0.05, 0) is 114 Å². The smallest absolute Gasteiger partial charge is 0.147 e. The predicted molar refractivity (Wildman–Crippen MR) is 529 cm³/mol. The highest BCUT2D eigenvalue weighted by Crippen LogP contribution is 2.50. The Kier molecular flexibility index (Phi) is 39.6. The average molecular weight is 1700 g/mol. The number of methoxy groups -OCH3 is 2.